The average molecular weight is 345 g/mol. The lowest BCUT2D eigenvalue weighted by molar-refractivity contribution is 0.586. The molecule has 1 rings (SSSR count). The van der Waals surface area contributed by atoms with Crippen molar-refractivity contribution in [2.24, 2.45) is 4.99 Å². The molecular formula is C13H20IN3. The summed E-state index contributed by atoms with van der Waals surface area (Å²) in [4.78, 5) is 6.48. The smallest absolute Gasteiger partial charge is 0.193 e. The zero-order valence-electron chi connectivity index (χ0n) is 10.4. The van der Waals surface area contributed by atoms with Gasteiger partial charge in [-0.3, -0.25) is 0 Å². The van der Waals surface area contributed by atoms with Crippen molar-refractivity contribution in [3.8, 4) is 0 Å². The van der Waals surface area contributed by atoms with Crippen molar-refractivity contribution in [1.29, 1.82) is 0 Å². The molecule has 0 saturated heterocycles. The molecule has 1 aromatic carbocycles. The monoisotopic (exact) mass is 345 g/mol. The van der Waals surface area contributed by atoms with Crippen LogP contribution in [0.5, 0.6) is 0 Å². The van der Waals surface area contributed by atoms with Crippen LogP contribution in [0.15, 0.2) is 48.0 Å². The number of hydrogen-bond acceptors (Lipinski definition) is 1. The van der Waals surface area contributed by atoms with E-state index in [-0.39, 0.29) is 24.0 Å². The van der Waals surface area contributed by atoms with Crippen molar-refractivity contribution >= 4 is 29.9 Å². The molecule has 0 radical (unpaired) electrons. The van der Waals surface area contributed by atoms with E-state index >= 15 is 0 Å². The van der Waals surface area contributed by atoms with Crippen molar-refractivity contribution in [2.75, 3.05) is 20.6 Å². The van der Waals surface area contributed by atoms with Gasteiger partial charge in [0.2, 0.25) is 0 Å². The fourth-order valence-corrected chi connectivity index (χ4v) is 1.27. The molecule has 0 saturated carbocycles. The third-order valence-electron chi connectivity index (χ3n) is 2.08. The number of hydrogen-bond donors (Lipinski definition) is 1. The molecule has 0 aliphatic rings. The van der Waals surface area contributed by atoms with Crippen LogP contribution >= 0.6 is 24.0 Å². The molecule has 0 spiro atoms. The Bertz CT molecular complexity index is 347. The topological polar surface area (TPSA) is 27.6 Å². The summed E-state index contributed by atoms with van der Waals surface area (Å²) in [5, 5.41) is 3.20. The van der Waals surface area contributed by atoms with Crippen LogP contribution in [0.3, 0.4) is 0 Å². The van der Waals surface area contributed by atoms with Gasteiger partial charge in [-0.2, -0.15) is 0 Å². The second-order valence-corrected chi connectivity index (χ2v) is 3.69. The lowest BCUT2D eigenvalue weighted by atomic mass is 10.2. The Morgan fingerprint density at radius 3 is 2.53 bits per heavy atom. The predicted molar refractivity (Wildman–Crippen MR) is 84.9 cm³/mol. The molecule has 4 heteroatoms. The highest BCUT2D eigenvalue weighted by Crippen LogP contribution is 2.00. The first-order valence-electron chi connectivity index (χ1n) is 5.34. The first-order valence-corrected chi connectivity index (χ1v) is 5.34. The van der Waals surface area contributed by atoms with Gasteiger partial charge < -0.3 is 10.2 Å². The number of halogens is 1. The molecule has 1 aromatic rings. The molecule has 0 aromatic heterocycles. The lowest BCUT2D eigenvalue weighted by Gasteiger charge is -2.16. The van der Waals surface area contributed by atoms with Gasteiger partial charge in [-0.05, 0) is 5.56 Å². The van der Waals surface area contributed by atoms with Gasteiger partial charge >= 0.3 is 0 Å². The maximum absolute atomic E-state index is 4.51. The predicted octanol–water partition coefficient (Wildman–Crippen LogP) is 2.50. The highest BCUT2D eigenvalue weighted by Gasteiger charge is 1.99. The molecule has 0 aliphatic heterocycles. The van der Waals surface area contributed by atoms with E-state index in [0.717, 1.165) is 12.5 Å². The Labute approximate surface area is 121 Å². The van der Waals surface area contributed by atoms with E-state index in [4.69, 9.17) is 0 Å². The average Bonchev–Trinajstić information content (AvgIpc) is 2.30. The van der Waals surface area contributed by atoms with Crippen molar-refractivity contribution in [2.45, 2.75) is 6.54 Å². The van der Waals surface area contributed by atoms with Gasteiger partial charge in [-0.15, -0.1) is 30.6 Å². The molecule has 0 amide bonds. The zero-order valence-corrected chi connectivity index (χ0v) is 12.7. The van der Waals surface area contributed by atoms with Crippen molar-refractivity contribution in [3.63, 3.8) is 0 Å². The minimum absolute atomic E-state index is 0. The van der Waals surface area contributed by atoms with Gasteiger partial charge in [-0.1, -0.05) is 36.4 Å². The second kappa shape index (κ2) is 9.04. The van der Waals surface area contributed by atoms with E-state index in [0.29, 0.717) is 6.54 Å². The van der Waals surface area contributed by atoms with Crippen LogP contribution in [0.4, 0.5) is 0 Å². The van der Waals surface area contributed by atoms with E-state index in [2.05, 4.69) is 29.0 Å². The molecule has 0 heterocycles. The van der Waals surface area contributed by atoms with Gasteiger partial charge in [0, 0.05) is 20.6 Å². The van der Waals surface area contributed by atoms with Gasteiger partial charge in [-0.25, -0.2) is 4.99 Å². The molecule has 1 N–H and O–H groups in total. The van der Waals surface area contributed by atoms with E-state index in [1.54, 1.807) is 0 Å². The molecule has 0 atom stereocenters. The summed E-state index contributed by atoms with van der Waals surface area (Å²) < 4.78 is 0. The number of nitrogens with one attached hydrogen (secondary N) is 1. The molecule has 94 valence electrons. The van der Waals surface area contributed by atoms with Gasteiger partial charge in [0.05, 0.1) is 6.54 Å². The van der Waals surface area contributed by atoms with Crippen LogP contribution in [-0.2, 0) is 6.54 Å². The highest BCUT2D eigenvalue weighted by molar-refractivity contribution is 14.0. The summed E-state index contributed by atoms with van der Waals surface area (Å²) in [6.07, 6.45) is 1.82. The minimum Gasteiger partial charge on any atom is -0.353 e. The van der Waals surface area contributed by atoms with E-state index < -0.39 is 0 Å². The quantitative estimate of drug-likeness (QED) is 0.393. The summed E-state index contributed by atoms with van der Waals surface area (Å²) in [5.74, 6) is 0.878. The number of rotatable bonds is 4. The van der Waals surface area contributed by atoms with Crippen LogP contribution < -0.4 is 5.32 Å². The molecular weight excluding hydrogens is 325 g/mol. The summed E-state index contributed by atoms with van der Waals surface area (Å²) in [7, 11) is 3.94. The van der Waals surface area contributed by atoms with Gasteiger partial charge in [0.1, 0.15) is 0 Å². The van der Waals surface area contributed by atoms with Crippen LogP contribution in [0.1, 0.15) is 5.56 Å². The number of aliphatic imine (C=N–C) groups is 1. The fraction of sp³-hybridized carbons (Fsp3) is 0.308. The van der Waals surface area contributed by atoms with Crippen LogP contribution in [-0.4, -0.2) is 31.5 Å². The molecule has 0 unspecified atom stereocenters. The molecule has 0 fully saturated rings. The minimum atomic E-state index is 0. The maximum Gasteiger partial charge on any atom is 0.193 e. The van der Waals surface area contributed by atoms with Gasteiger partial charge in [0.15, 0.2) is 5.96 Å². The highest BCUT2D eigenvalue weighted by atomic mass is 127. The Morgan fingerprint density at radius 1 is 1.35 bits per heavy atom. The summed E-state index contributed by atoms with van der Waals surface area (Å²) in [5.41, 5.74) is 1.21. The molecule has 0 bridgehead atoms. The number of guanidine groups is 1. The maximum atomic E-state index is 4.51. The Hall–Kier alpha value is -1.04. The summed E-state index contributed by atoms with van der Waals surface area (Å²) >= 11 is 0. The standard InChI is InChI=1S/C13H19N3.HI/c1-4-10-14-13(16(2)3)15-11-12-8-6-5-7-9-12;/h4-9H,1,10-11H2,2-3H3,(H,14,15);1H. The Kier molecular flexibility index (Phi) is 8.49. The van der Waals surface area contributed by atoms with E-state index in [9.17, 15) is 0 Å². The van der Waals surface area contributed by atoms with Crippen molar-refractivity contribution in [3.05, 3.63) is 48.6 Å². The molecule has 3 nitrogen and oxygen atoms in total. The Morgan fingerprint density at radius 2 is 2.00 bits per heavy atom. The fourth-order valence-electron chi connectivity index (χ4n) is 1.27. The third-order valence-corrected chi connectivity index (χ3v) is 2.08. The third kappa shape index (κ3) is 6.31. The lowest BCUT2D eigenvalue weighted by Crippen LogP contribution is -2.36. The SMILES string of the molecule is C=CCNC(=NCc1ccccc1)N(C)C.I. The van der Waals surface area contributed by atoms with E-state index in [1.165, 1.54) is 5.56 Å². The summed E-state index contributed by atoms with van der Waals surface area (Å²) in [6.45, 7) is 5.10. The van der Waals surface area contributed by atoms with Crippen LogP contribution in [0.2, 0.25) is 0 Å². The number of nitrogens with zero attached hydrogens (tertiary/aromatic N) is 2. The second-order valence-electron chi connectivity index (χ2n) is 3.69. The van der Waals surface area contributed by atoms with Crippen LogP contribution in [0.25, 0.3) is 0 Å². The normalized spacial score (nSPS) is 10.4. The number of benzene rings is 1. The zero-order chi connectivity index (χ0) is 11.8. The Balaban J connectivity index is 0.00000256. The summed E-state index contributed by atoms with van der Waals surface area (Å²) in [6, 6.07) is 10.2. The largest absolute Gasteiger partial charge is 0.353 e. The van der Waals surface area contributed by atoms with Crippen molar-refractivity contribution < 1.29 is 0 Å². The first-order chi connectivity index (χ1) is 7.74. The molecule has 17 heavy (non-hydrogen) atoms. The first kappa shape index (κ1) is 16.0. The van der Waals surface area contributed by atoms with Crippen LogP contribution in [0, 0.1) is 0 Å². The van der Waals surface area contributed by atoms with E-state index in [1.807, 2.05) is 43.3 Å². The molecule has 0 aliphatic carbocycles. The van der Waals surface area contributed by atoms with Gasteiger partial charge in [0.25, 0.3) is 0 Å². The van der Waals surface area contributed by atoms with Crippen molar-refractivity contribution in [1.82, 2.24) is 10.2 Å².